The smallest absolute Gasteiger partial charge is 0.383 e. The normalized spacial score (nSPS) is 12.9. The molecule has 0 fully saturated rings. The van der Waals surface area contributed by atoms with Crippen LogP contribution in [0.1, 0.15) is 12.1 Å². The number of aryl methyl sites for hydroxylation is 2. The van der Waals surface area contributed by atoms with Crippen molar-refractivity contribution in [1.82, 2.24) is 34.9 Å². The molecule has 0 unspecified atom stereocenters. The Hall–Kier alpha value is -3.45. The summed E-state index contributed by atoms with van der Waals surface area (Å²) in [7, 11) is 0. The molecule has 0 aliphatic carbocycles. The summed E-state index contributed by atoms with van der Waals surface area (Å²) >= 11 is 0. The SMILES string of the molecule is Cc1[nH]nc2nc(-c3nn(CCC(F)(F)C(F)(F)F)c4ncc(F)cc34)nc(N)c12. The molecule has 0 amide bonds. The predicted octanol–water partition coefficient (Wildman–Crippen LogP) is 3.38. The third-order valence-electron chi connectivity index (χ3n) is 4.44. The van der Waals surface area contributed by atoms with Crippen LogP contribution in [-0.2, 0) is 6.54 Å². The fourth-order valence-electron chi connectivity index (χ4n) is 2.95. The lowest BCUT2D eigenvalue weighted by molar-refractivity contribution is -0.285. The number of aromatic amines is 1. The molecule has 4 aromatic rings. The number of nitrogens with zero attached hydrogens (tertiary/aromatic N) is 6. The standard InChI is InChI=1S/C16H12F6N8/c1-6-9-11(23)25-13(26-12(9)28-27-6)10-8-4-7(17)5-24-14(8)30(29-10)3-2-15(18,19)16(20,21)22/h4-5H,2-3H2,1H3,(H3,23,25,26,27,28). The van der Waals surface area contributed by atoms with Gasteiger partial charge >= 0.3 is 12.1 Å². The van der Waals surface area contributed by atoms with Crippen LogP contribution in [-0.4, -0.2) is 47.0 Å². The Morgan fingerprint density at radius 2 is 1.90 bits per heavy atom. The number of nitrogen functional groups attached to an aromatic ring is 1. The number of pyridine rings is 1. The summed E-state index contributed by atoms with van der Waals surface area (Å²) in [6.07, 6.45) is -6.49. The molecule has 4 heterocycles. The second-order valence-corrected chi connectivity index (χ2v) is 6.53. The van der Waals surface area contributed by atoms with E-state index >= 15 is 0 Å². The van der Waals surface area contributed by atoms with Crippen LogP contribution in [0.3, 0.4) is 0 Å². The van der Waals surface area contributed by atoms with Crippen molar-refractivity contribution in [2.45, 2.75) is 32.0 Å². The molecule has 14 heteroatoms. The van der Waals surface area contributed by atoms with Gasteiger partial charge in [0, 0.05) is 18.7 Å². The number of H-pyrrole nitrogens is 1. The Kier molecular flexibility index (Phi) is 4.32. The van der Waals surface area contributed by atoms with Gasteiger partial charge in [0.15, 0.2) is 17.1 Å². The van der Waals surface area contributed by atoms with Crippen molar-refractivity contribution in [3.63, 3.8) is 0 Å². The summed E-state index contributed by atoms with van der Waals surface area (Å²) in [5.41, 5.74) is 6.53. The van der Waals surface area contributed by atoms with Crippen LogP contribution in [0.25, 0.3) is 33.6 Å². The predicted molar refractivity (Wildman–Crippen MR) is 92.9 cm³/mol. The zero-order valence-electron chi connectivity index (χ0n) is 15.1. The minimum atomic E-state index is -5.71. The lowest BCUT2D eigenvalue weighted by Gasteiger charge is -2.19. The molecule has 0 atom stereocenters. The van der Waals surface area contributed by atoms with E-state index in [1.807, 2.05) is 0 Å². The second kappa shape index (κ2) is 6.53. The highest BCUT2D eigenvalue weighted by atomic mass is 19.4. The van der Waals surface area contributed by atoms with Crippen LogP contribution in [0.5, 0.6) is 0 Å². The van der Waals surface area contributed by atoms with E-state index in [9.17, 15) is 26.3 Å². The first-order valence-corrected chi connectivity index (χ1v) is 8.43. The van der Waals surface area contributed by atoms with Gasteiger partial charge in [-0.1, -0.05) is 0 Å². The molecule has 3 N–H and O–H groups in total. The monoisotopic (exact) mass is 430 g/mol. The number of hydrogen-bond donors (Lipinski definition) is 2. The molecule has 0 aliphatic rings. The Balaban J connectivity index is 1.83. The van der Waals surface area contributed by atoms with Crippen molar-refractivity contribution in [3.8, 4) is 11.5 Å². The first-order valence-electron chi connectivity index (χ1n) is 8.43. The lowest BCUT2D eigenvalue weighted by Crippen LogP contribution is -2.37. The molecular formula is C16H12F6N8. The van der Waals surface area contributed by atoms with Gasteiger partial charge in [0.2, 0.25) is 0 Å². The van der Waals surface area contributed by atoms with Gasteiger partial charge in [-0.2, -0.15) is 32.1 Å². The Morgan fingerprint density at radius 1 is 1.17 bits per heavy atom. The van der Waals surface area contributed by atoms with Crippen LogP contribution in [0, 0.1) is 12.7 Å². The number of nitrogens with two attached hydrogens (primary N) is 1. The minimum absolute atomic E-state index is 0.0244. The van der Waals surface area contributed by atoms with Crippen molar-refractivity contribution in [2.75, 3.05) is 5.73 Å². The molecule has 4 rings (SSSR count). The van der Waals surface area contributed by atoms with Crippen molar-refractivity contribution in [1.29, 1.82) is 0 Å². The number of anilines is 1. The highest BCUT2D eigenvalue weighted by molar-refractivity contribution is 5.93. The number of nitrogens with one attached hydrogen (secondary N) is 1. The largest absolute Gasteiger partial charge is 0.453 e. The molecule has 0 saturated heterocycles. The van der Waals surface area contributed by atoms with Gasteiger partial charge in [-0.15, -0.1) is 0 Å². The summed E-state index contributed by atoms with van der Waals surface area (Å²) in [6.45, 7) is 0.861. The number of fused-ring (bicyclic) bond motifs is 2. The van der Waals surface area contributed by atoms with Crippen molar-refractivity contribution in [2.24, 2.45) is 0 Å². The van der Waals surface area contributed by atoms with E-state index in [4.69, 9.17) is 5.73 Å². The van der Waals surface area contributed by atoms with Crippen LogP contribution in [0.15, 0.2) is 12.3 Å². The van der Waals surface area contributed by atoms with E-state index in [-0.39, 0.29) is 34.0 Å². The molecule has 30 heavy (non-hydrogen) atoms. The zero-order valence-corrected chi connectivity index (χ0v) is 15.1. The first kappa shape index (κ1) is 19.8. The lowest BCUT2D eigenvalue weighted by atomic mass is 10.2. The highest BCUT2D eigenvalue weighted by Gasteiger charge is 2.56. The maximum atomic E-state index is 13.8. The molecule has 0 bridgehead atoms. The highest BCUT2D eigenvalue weighted by Crippen LogP contribution is 2.38. The van der Waals surface area contributed by atoms with Gasteiger partial charge in [0.05, 0.1) is 17.0 Å². The number of alkyl halides is 5. The first-order chi connectivity index (χ1) is 14.0. The maximum Gasteiger partial charge on any atom is 0.453 e. The van der Waals surface area contributed by atoms with Gasteiger partial charge in [-0.25, -0.2) is 24.0 Å². The zero-order chi connectivity index (χ0) is 21.8. The number of hydrogen-bond acceptors (Lipinski definition) is 6. The summed E-state index contributed by atoms with van der Waals surface area (Å²) < 4.78 is 78.7. The quantitative estimate of drug-likeness (QED) is 0.480. The van der Waals surface area contributed by atoms with E-state index < -0.39 is 30.9 Å². The van der Waals surface area contributed by atoms with Crippen LogP contribution >= 0.6 is 0 Å². The Labute approximate surface area is 163 Å². The molecule has 8 nitrogen and oxygen atoms in total. The van der Waals surface area contributed by atoms with E-state index in [1.165, 1.54) is 0 Å². The summed E-state index contributed by atoms with van der Waals surface area (Å²) in [6, 6.07) is 1.00. The van der Waals surface area contributed by atoms with Crippen molar-refractivity contribution >= 4 is 27.9 Å². The summed E-state index contributed by atoms with van der Waals surface area (Å²) in [5, 5.41) is 11.1. The summed E-state index contributed by atoms with van der Waals surface area (Å²) in [4.78, 5) is 12.0. The van der Waals surface area contributed by atoms with Crippen molar-refractivity contribution in [3.05, 3.63) is 23.8 Å². The molecule has 0 aromatic carbocycles. The third kappa shape index (κ3) is 3.17. The van der Waals surface area contributed by atoms with Crippen molar-refractivity contribution < 1.29 is 26.3 Å². The maximum absolute atomic E-state index is 13.8. The number of halogens is 6. The Morgan fingerprint density at radius 3 is 2.60 bits per heavy atom. The van der Waals surface area contributed by atoms with Gasteiger partial charge in [-0.3, -0.25) is 5.10 Å². The molecule has 0 aliphatic heterocycles. The molecule has 158 valence electrons. The molecule has 0 spiro atoms. The van der Waals surface area contributed by atoms with Gasteiger partial charge in [0.25, 0.3) is 0 Å². The topological polar surface area (TPSA) is 111 Å². The minimum Gasteiger partial charge on any atom is -0.383 e. The van der Waals surface area contributed by atoms with Crippen LogP contribution in [0.4, 0.5) is 32.2 Å². The third-order valence-corrected chi connectivity index (χ3v) is 4.44. The second-order valence-electron chi connectivity index (χ2n) is 6.53. The molecule has 4 aromatic heterocycles. The number of rotatable bonds is 4. The molecule has 0 saturated carbocycles. The van der Waals surface area contributed by atoms with Crippen LogP contribution < -0.4 is 5.73 Å². The average Bonchev–Trinajstić information content (AvgIpc) is 3.19. The van der Waals surface area contributed by atoms with Gasteiger partial charge < -0.3 is 5.73 Å². The van der Waals surface area contributed by atoms with Crippen LogP contribution in [0.2, 0.25) is 0 Å². The Bertz CT molecular complexity index is 1260. The van der Waals surface area contributed by atoms with E-state index in [1.54, 1.807) is 6.92 Å². The fourth-order valence-corrected chi connectivity index (χ4v) is 2.95. The molecular weight excluding hydrogens is 418 g/mol. The van der Waals surface area contributed by atoms with Gasteiger partial charge in [0.1, 0.15) is 17.3 Å². The average molecular weight is 430 g/mol. The number of aromatic nitrogens is 7. The van der Waals surface area contributed by atoms with E-state index in [2.05, 4.69) is 30.2 Å². The van der Waals surface area contributed by atoms with E-state index in [0.717, 1.165) is 16.9 Å². The summed E-state index contributed by atoms with van der Waals surface area (Å²) in [5.74, 6) is -5.77. The molecule has 0 radical (unpaired) electrons. The fraction of sp³-hybridized carbons (Fsp3) is 0.312. The van der Waals surface area contributed by atoms with Gasteiger partial charge in [-0.05, 0) is 13.0 Å². The van der Waals surface area contributed by atoms with E-state index in [0.29, 0.717) is 11.1 Å².